The molecule has 0 saturated carbocycles. The van der Waals surface area contributed by atoms with E-state index in [1.54, 1.807) is 17.0 Å². The molecular weight excluding hydrogens is 252 g/mol. The zero-order valence-corrected chi connectivity index (χ0v) is 9.85. The third kappa shape index (κ3) is 3.52. The van der Waals surface area contributed by atoms with Crippen LogP contribution in [0.25, 0.3) is 5.95 Å². The molecule has 0 aromatic carbocycles. The van der Waals surface area contributed by atoms with Crippen LogP contribution in [0.3, 0.4) is 0 Å². The quantitative estimate of drug-likeness (QED) is 0.591. The Labute approximate surface area is 107 Å². The number of primary amides is 1. The number of nitrogens with one attached hydrogen (secondary N) is 1. The Balaban J connectivity index is 2.03. The number of nitrogens with two attached hydrogens (primary N) is 2. The highest BCUT2D eigenvalue weighted by Crippen LogP contribution is 2.06. The zero-order valence-electron chi connectivity index (χ0n) is 9.85. The number of ether oxygens (including phenoxy) is 1. The molecule has 0 spiro atoms. The lowest BCUT2D eigenvalue weighted by atomic mass is 10.6. The van der Waals surface area contributed by atoms with Crippen molar-refractivity contribution < 1.29 is 9.53 Å². The van der Waals surface area contributed by atoms with Crippen LogP contribution in [0, 0.1) is 0 Å². The van der Waals surface area contributed by atoms with Gasteiger partial charge in [0.05, 0.1) is 6.54 Å². The number of amides is 1. The van der Waals surface area contributed by atoms with Crippen LogP contribution in [0.4, 0.5) is 16.7 Å². The second-order valence-electron chi connectivity index (χ2n) is 3.38. The summed E-state index contributed by atoms with van der Waals surface area (Å²) in [6.07, 6.45) is 3.97. The van der Waals surface area contributed by atoms with Crippen LogP contribution in [0.15, 0.2) is 18.7 Å². The SMILES string of the molecule is NC(=O)OCCNc1nc(N)nc(-n2ccnc2)n1. The molecule has 0 aliphatic carbocycles. The molecule has 0 atom stereocenters. The first-order valence-corrected chi connectivity index (χ1v) is 5.31. The van der Waals surface area contributed by atoms with Gasteiger partial charge in [-0.15, -0.1) is 0 Å². The molecule has 2 rings (SSSR count). The van der Waals surface area contributed by atoms with E-state index in [1.807, 2.05) is 0 Å². The van der Waals surface area contributed by atoms with Crippen molar-refractivity contribution in [3.8, 4) is 5.95 Å². The zero-order chi connectivity index (χ0) is 13.7. The van der Waals surface area contributed by atoms with E-state index < -0.39 is 6.09 Å². The van der Waals surface area contributed by atoms with Crippen molar-refractivity contribution >= 4 is 18.0 Å². The molecule has 0 aliphatic heterocycles. The maximum absolute atomic E-state index is 10.4. The Bertz CT molecular complexity index is 555. The molecule has 19 heavy (non-hydrogen) atoms. The van der Waals surface area contributed by atoms with E-state index in [4.69, 9.17) is 11.5 Å². The Kier molecular flexibility index (Phi) is 3.71. The fourth-order valence-electron chi connectivity index (χ4n) is 1.27. The summed E-state index contributed by atoms with van der Waals surface area (Å²) in [5, 5.41) is 2.83. The molecule has 10 heteroatoms. The number of anilines is 2. The van der Waals surface area contributed by atoms with Gasteiger partial charge in [0.1, 0.15) is 12.9 Å². The lowest BCUT2D eigenvalue weighted by molar-refractivity contribution is 0.161. The van der Waals surface area contributed by atoms with Gasteiger partial charge in [-0.3, -0.25) is 4.57 Å². The van der Waals surface area contributed by atoms with Gasteiger partial charge in [0.25, 0.3) is 0 Å². The molecule has 0 bridgehead atoms. The van der Waals surface area contributed by atoms with Crippen molar-refractivity contribution in [1.29, 1.82) is 0 Å². The van der Waals surface area contributed by atoms with Gasteiger partial charge in [-0.1, -0.05) is 0 Å². The summed E-state index contributed by atoms with van der Waals surface area (Å²) >= 11 is 0. The van der Waals surface area contributed by atoms with Crippen LogP contribution in [0.2, 0.25) is 0 Å². The molecule has 0 aliphatic rings. The molecular formula is C9H12N8O2. The van der Waals surface area contributed by atoms with Gasteiger partial charge in [0.15, 0.2) is 0 Å². The highest BCUT2D eigenvalue weighted by Gasteiger charge is 2.05. The van der Waals surface area contributed by atoms with Crippen molar-refractivity contribution in [2.75, 3.05) is 24.2 Å². The average molecular weight is 264 g/mol. The number of nitrogen functional groups attached to an aromatic ring is 1. The van der Waals surface area contributed by atoms with Gasteiger partial charge in [-0.25, -0.2) is 9.78 Å². The Morgan fingerprint density at radius 1 is 1.42 bits per heavy atom. The monoisotopic (exact) mass is 264 g/mol. The maximum atomic E-state index is 10.4. The summed E-state index contributed by atoms with van der Waals surface area (Å²) in [6.45, 7) is 0.400. The highest BCUT2D eigenvalue weighted by molar-refractivity contribution is 5.64. The number of rotatable bonds is 5. The highest BCUT2D eigenvalue weighted by atomic mass is 16.5. The largest absolute Gasteiger partial charge is 0.448 e. The molecule has 100 valence electrons. The summed E-state index contributed by atoms with van der Waals surface area (Å²) < 4.78 is 6.14. The minimum Gasteiger partial charge on any atom is -0.448 e. The first-order chi connectivity index (χ1) is 9.15. The molecule has 0 unspecified atom stereocenters. The molecule has 2 aromatic heterocycles. The predicted molar refractivity (Wildman–Crippen MR) is 65.4 cm³/mol. The molecule has 5 N–H and O–H groups in total. The topological polar surface area (TPSA) is 147 Å². The van der Waals surface area contributed by atoms with Crippen molar-refractivity contribution in [2.45, 2.75) is 0 Å². The number of imidazole rings is 1. The van der Waals surface area contributed by atoms with Crippen LogP contribution in [0.1, 0.15) is 0 Å². The Morgan fingerprint density at radius 3 is 2.95 bits per heavy atom. The Morgan fingerprint density at radius 2 is 2.26 bits per heavy atom. The minimum absolute atomic E-state index is 0.0667. The van der Waals surface area contributed by atoms with E-state index in [-0.39, 0.29) is 18.5 Å². The van der Waals surface area contributed by atoms with E-state index in [2.05, 4.69) is 30.0 Å². The fraction of sp³-hybridized carbons (Fsp3) is 0.222. The van der Waals surface area contributed by atoms with Gasteiger partial charge in [0.2, 0.25) is 17.8 Å². The maximum Gasteiger partial charge on any atom is 0.404 e. The van der Waals surface area contributed by atoms with Crippen LogP contribution >= 0.6 is 0 Å². The van der Waals surface area contributed by atoms with Gasteiger partial charge in [-0.2, -0.15) is 15.0 Å². The molecule has 2 heterocycles. The number of aromatic nitrogens is 5. The van der Waals surface area contributed by atoms with E-state index in [0.717, 1.165) is 0 Å². The van der Waals surface area contributed by atoms with Crippen LogP contribution < -0.4 is 16.8 Å². The third-order valence-corrected chi connectivity index (χ3v) is 2.01. The second-order valence-corrected chi connectivity index (χ2v) is 3.38. The first-order valence-electron chi connectivity index (χ1n) is 5.31. The summed E-state index contributed by atoms with van der Waals surface area (Å²) in [5.41, 5.74) is 10.4. The van der Waals surface area contributed by atoms with Crippen molar-refractivity contribution in [3.05, 3.63) is 18.7 Å². The summed E-state index contributed by atoms with van der Waals surface area (Å²) in [4.78, 5) is 26.3. The van der Waals surface area contributed by atoms with Crippen molar-refractivity contribution in [1.82, 2.24) is 24.5 Å². The van der Waals surface area contributed by atoms with Crippen LogP contribution in [-0.2, 0) is 4.74 Å². The van der Waals surface area contributed by atoms with Crippen LogP contribution in [0.5, 0.6) is 0 Å². The summed E-state index contributed by atoms with van der Waals surface area (Å²) in [6, 6.07) is 0. The smallest absolute Gasteiger partial charge is 0.404 e. The number of nitrogens with zero attached hydrogens (tertiary/aromatic N) is 5. The van der Waals surface area contributed by atoms with Gasteiger partial charge < -0.3 is 21.5 Å². The number of hydrogen-bond acceptors (Lipinski definition) is 8. The molecule has 2 aromatic rings. The van der Waals surface area contributed by atoms with E-state index in [0.29, 0.717) is 12.5 Å². The molecule has 0 fully saturated rings. The van der Waals surface area contributed by atoms with Crippen molar-refractivity contribution in [2.24, 2.45) is 5.73 Å². The molecule has 0 radical (unpaired) electrons. The standard InChI is InChI=1S/C9H12N8O2/c10-6-14-8(13-2-4-19-7(11)18)16-9(15-6)17-3-1-12-5-17/h1,3,5H,2,4H2,(H2,11,18)(H3,10,13,14,15,16). The predicted octanol–water partition coefficient (Wildman–Crippen LogP) is -0.853. The Hall–Kier alpha value is -2.91. The fourth-order valence-corrected chi connectivity index (χ4v) is 1.27. The normalized spacial score (nSPS) is 10.1. The molecule has 1 amide bonds. The lowest BCUT2D eigenvalue weighted by Gasteiger charge is -2.07. The number of carbonyl (C=O) groups excluding carboxylic acids is 1. The average Bonchev–Trinajstić information content (AvgIpc) is 2.87. The number of carbonyl (C=O) groups is 1. The minimum atomic E-state index is -0.837. The van der Waals surface area contributed by atoms with Gasteiger partial charge in [-0.05, 0) is 0 Å². The second kappa shape index (κ2) is 5.62. The molecule has 10 nitrogen and oxygen atoms in total. The number of hydrogen-bond donors (Lipinski definition) is 3. The van der Waals surface area contributed by atoms with Gasteiger partial charge in [0, 0.05) is 12.4 Å². The summed E-state index contributed by atoms with van der Waals surface area (Å²) in [5.74, 6) is 0.671. The van der Waals surface area contributed by atoms with E-state index >= 15 is 0 Å². The molecule has 0 saturated heterocycles. The summed E-state index contributed by atoms with van der Waals surface area (Å²) in [7, 11) is 0. The lowest BCUT2D eigenvalue weighted by Crippen LogP contribution is -2.19. The van der Waals surface area contributed by atoms with Gasteiger partial charge >= 0.3 is 6.09 Å². The van der Waals surface area contributed by atoms with Crippen molar-refractivity contribution in [3.63, 3.8) is 0 Å². The van der Waals surface area contributed by atoms with E-state index in [1.165, 1.54) is 6.33 Å². The first kappa shape index (κ1) is 12.5. The van der Waals surface area contributed by atoms with E-state index in [9.17, 15) is 4.79 Å². The third-order valence-electron chi connectivity index (χ3n) is 2.01. The van der Waals surface area contributed by atoms with Crippen LogP contribution in [-0.4, -0.2) is 43.7 Å².